The molecule has 0 saturated carbocycles. The highest BCUT2D eigenvalue weighted by molar-refractivity contribution is 5.35. The lowest BCUT2D eigenvalue weighted by atomic mass is 10.1. The van der Waals surface area contributed by atoms with Gasteiger partial charge in [0.05, 0.1) is 0 Å². The van der Waals surface area contributed by atoms with Crippen molar-refractivity contribution in [3.8, 4) is 5.75 Å². The molecule has 1 heterocycles. The van der Waals surface area contributed by atoms with Crippen molar-refractivity contribution in [3.05, 3.63) is 48.0 Å². The lowest BCUT2D eigenvalue weighted by Crippen LogP contribution is -2.18. The summed E-state index contributed by atoms with van der Waals surface area (Å²) in [5, 5.41) is 3.42. The summed E-state index contributed by atoms with van der Waals surface area (Å²) >= 11 is 0. The largest absolute Gasteiger partial charge is 0.485 e. The van der Waals surface area contributed by atoms with Crippen molar-refractivity contribution in [2.75, 3.05) is 6.54 Å². The molecule has 1 aromatic carbocycles. The zero-order chi connectivity index (χ0) is 14.4. The zero-order valence-corrected chi connectivity index (χ0v) is 12.5. The fraction of sp³-hybridized carbons (Fsp3) is 0.438. The highest BCUT2D eigenvalue weighted by Crippen LogP contribution is 2.25. The van der Waals surface area contributed by atoms with Crippen molar-refractivity contribution in [1.82, 2.24) is 14.9 Å². The Balaban J connectivity index is 2.09. The quantitative estimate of drug-likeness (QED) is 0.842. The number of rotatable bonds is 7. The predicted molar refractivity (Wildman–Crippen MR) is 80.8 cm³/mol. The van der Waals surface area contributed by atoms with E-state index in [9.17, 15) is 0 Å². The molecule has 1 atom stereocenters. The van der Waals surface area contributed by atoms with E-state index in [4.69, 9.17) is 4.74 Å². The van der Waals surface area contributed by atoms with Crippen molar-refractivity contribution in [2.45, 2.75) is 40.0 Å². The van der Waals surface area contributed by atoms with Crippen LogP contribution < -0.4 is 10.1 Å². The Morgan fingerprint density at radius 1 is 1.30 bits per heavy atom. The standard InChI is InChI=1S/C16H23N3O/c1-4-17-13(3)14-8-6-7-9-15(14)20-12-16-18-10-11-19(16)5-2/h6-11,13,17H,4-5,12H2,1-3H3. The molecule has 1 N–H and O–H groups in total. The van der Waals surface area contributed by atoms with Gasteiger partial charge in [0.15, 0.2) is 0 Å². The maximum atomic E-state index is 5.97. The number of hydrogen-bond donors (Lipinski definition) is 1. The van der Waals surface area contributed by atoms with Crippen LogP contribution in [0.25, 0.3) is 0 Å². The predicted octanol–water partition coefficient (Wildman–Crippen LogP) is 3.15. The van der Waals surface area contributed by atoms with Gasteiger partial charge in [0.2, 0.25) is 0 Å². The van der Waals surface area contributed by atoms with Crippen LogP contribution in [0.3, 0.4) is 0 Å². The maximum Gasteiger partial charge on any atom is 0.146 e. The van der Waals surface area contributed by atoms with E-state index in [1.54, 1.807) is 0 Å². The third-order valence-corrected chi connectivity index (χ3v) is 3.39. The highest BCUT2D eigenvalue weighted by atomic mass is 16.5. The molecule has 4 heteroatoms. The number of aryl methyl sites for hydroxylation is 1. The maximum absolute atomic E-state index is 5.97. The third-order valence-electron chi connectivity index (χ3n) is 3.39. The number of aromatic nitrogens is 2. The Morgan fingerprint density at radius 2 is 2.10 bits per heavy atom. The molecule has 2 aromatic rings. The van der Waals surface area contributed by atoms with Crippen molar-refractivity contribution >= 4 is 0 Å². The van der Waals surface area contributed by atoms with E-state index in [1.165, 1.54) is 5.56 Å². The smallest absolute Gasteiger partial charge is 0.146 e. The first-order valence-corrected chi connectivity index (χ1v) is 7.21. The molecular formula is C16H23N3O. The molecule has 0 bridgehead atoms. The first-order valence-electron chi connectivity index (χ1n) is 7.21. The Kier molecular flexibility index (Phi) is 5.18. The Labute approximate surface area is 120 Å². The van der Waals surface area contributed by atoms with Gasteiger partial charge in [0.1, 0.15) is 18.2 Å². The van der Waals surface area contributed by atoms with Crippen LogP contribution in [0.15, 0.2) is 36.7 Å². The average molecular weight is 273 g/mol. The molecule has 0 aliphatic carbocycles. The number of nitrogens with zero attached hydrogens (tertiary/aromatic N) is 2. The fourth-order valence-electron chi connectivity index (χ4n) is 2.30. The molecule has 1 aromatic heterocycles. The minimum Gasteiger partial charge on any atom is -0.485 e. The molecule has 0 spiro atoms. The van der Waals surface area contributed by atoms with Crippen molar-refractivity contribution in [1.29, 1.82) is 0 Å². The van der Waals surface area contributed by atoms with Gasteiger partial charge >= 0.3 is 0 Å². The lowest BCUT2D eigenvalue weighted by molar-refractivity contribution is 0.284. The van der Waals surface area contributed by atoms with Crippen LogP contribution in [-0.4, -0.2) is 16.1 Å². The van der Waals surface area contributed by atoms with Gasteiger partial charge in [0, 0.05) is 30.5 Å². The second kappa shape index (κ2) is 7.10. The molecule has 0 saturated heterocycles. The van der Waals surface area contributed by atoms with Crippen LogP contribution in [0, 0.1) is 0 Å². The summed E-state index contributed by atoms with van der Waals surface area (Å²) in [7, 11) is 0. The van der Waals surface area contributed by atoms with Crippen molar-refractivity contribution in [2.24, 2.45) is 0 Å². The molecule has 0 aliphatic heterocycles. The first kappa shape index (κ1) is 14.6. The molecular weight excluding hydrogens is 250 g/mol. The topological polar surface area (TPSA) is 39.1 Å². The minimum absolute atomic E-state index is 0.280. The molecule has 0 aliphatic rings. The van der Waals surface area contributed by atoms with Crippen LogP contribution in [-0.2, 0) is 13.2 Å². The van der Waals surface area contributed by atoms with Crippen molar-refractivity contribution in [3.63, 3.8) is 0 Å². The fourth-order valence-corrected chi connectivity index (χ4v) is 2.30. The van der Waals surface area contributed by atoms with E-state index in [0.29, 0.717) is 6.61 Å². The van der Waals surface area contributed by atoms with E-state index < -0.39 is 0 Å². The van der Waals surface area contributed by atoms with Gasteiger partial charge in [-0.05, 0) is 26.5 Å². The van der Waals surface area contributed by atoms with Crippen molar-refractivity contribution < 1.29 is 4.74 Å². The molecule has 108 valence electrons. The minimum atomic E-state index is 0.280. The second-order valence-corrected chi connectivity index (χ2v) is 4.74. The van der Waals surface area contributed by atoms with Gasteiger partial charge in [-0.1, -0.05) is 25.1 Å². The lowest BCUT2D eigenvalue weighted by Gasteiger charge is -2.17. The Hall–Kier alpha value is -1.81. The van der Waals surface area contributed by atoms with Crippen LogP contribution in [0.2, 0.25) is 0 Å². The highest BCUT2D eigenvalue weighted by Gasteiger charge is 2.11. The van der Waals surface area contributed by atoms with E-state index >= 15 is 0 Å². The van der Waals surface area contributed by atoms with Gasteiger partial charge in [-0.2, -0.15) is 0 Å². The van der Waals surface area contributed by atoms with Crippen LogP contribution >= 0.6 is 0 Å². The second-order valence-electron chi connectivity index (χ2n) is 4.74. The molecule has 0 amide bonds. The van der Waals surface area contributed by atoms with Gasteiger partial charge < -0.3 is 14.6 Å². The molecule has 0 radical (unpaired) electrons. The number of para-hydroxylation sites is 1. The van der Waals surface area contributed by atoms with Gasteiger partial charge in [-0.15, -0.1) is 0 Å². The van der Waals surface area contributed by atoms with E-state index in [1.807, 2.05) is 30.6 Å². The summed E-state index contributed by atoms with van der Waals surface area (Å²) in [6, 6.07) is 8.45. The van der Waals surface area contributed by atoms with Gasteiger partial charge in [0.25, 0.3) is 0 Å². The Morgan fingerprint density at radius 3 is 2.85 bits per heavy atom. The monoisotopic (exact) mass is 273 g/mol. The summed E-state index contributed by atoms with van der Waals surface area (Å²) in [6.07, 6.45) is 3.79. The molecule has 4 nitrogen and oxygen atoms in total. The van der Waals surface area contributed by atoms with Crippen LogP contribution in [0.4, 0.5) is 0 Å². The third kappa shape index (κ3) is 3.39. The SMILES string of the molecule is CCNC(C)c1ccccc1OCc1nccn1CC. The van der Waals surface area contributed by atoms with Crippen LogP contribution in [0.5, 0.6) is 5.75 Å². The van der Waals surface area contributed by atoms with Gasteiger partial charge in [-0.3, -0.25) is 0 Å². The number of hydrogen-bond acceptors (Lipinski definition) is 3. The zero-order valence-electron chi connectivity index (χ0n) is 12.5. The summed E-state index contributed by atoms with van der Waals surface area (Å²) in [6.45, 7) is 8.71. The molecule has 20 heavy (non-hydrogen) atoms. The van der Waals surface area contributed by atoms with Crippen LogP contribution in [0.1, 0.15) is 38.2 Å². The Bertz CT molecular complexity index is 536. The summed E-state index contributed by atoms with van der Waals surface area (Å²) < 4.78 is 8.06. The molecule has 1 unspecified atom stereocenters. The summed E-state index contributed by atoms with van der Waals surface area (Å²) in [5.41, 5.74) is 1.18. The summed E-state index contributed by atoms with van der Waals surface area (Å²) in [4.78, 5) is 4.34. The number of ether oxygens (including phenoxy) is 1. The average Bonchev–Trinajstić information content (AvgIpc) is 2.93. The summed E-state index contributed by atoms with van der Waals surface area (Å²) in [5.74, 6) is 1.88. The van der Waals surface area contributed by atoms with E-state index in [2.05, 4.69) is 41.7 Å². The first-order chi connectivity index (χ1) is 9.76. The normalized spacial score (nSPS) is 12.3. The molecule has 0 fully saturated rings. The molecule has 2 rings (SSSR count). The number of nitrogens with one attached hydrogen (secondary N) is 1. The van der Waals surface area contributed by atoms with E-state index in [0.717, 1.165) is 24.7 Å². The van der Waals surface area contributed by atoms with Gasteiger partial charge in [-0.25, -0.2) is 4.98 Å². The number of imidazole rings is 1. The van der Waals surface area contributed by atoms with E-state index in [-0.39, 0.29) is 6.04 Å². The number of benzene rings is 1.